The zero-order valence-electron chi connectivity index (χ0n) is 11.8. The number of hydrogen-bond acceptors (Lipinski definition) is 6. The lowest BCUT2D eigenvalue weighted by Crippen LogP contribution is -2.37. The minimum atomic E-state index is -4.67. The molecule has 23 heavy (non-hydrogen) atoms. The Morgan fingerprint density at radius 3 is 2.57 bits per heavy atom. The Bertz CT molecular complexity index is 600. The molecular weight excluding hydrogens is 321 g/mol. The van der Waals surface area contributed by atoms with Gasteiger partial charge in [-0.2, -0.15) is 13.2 Å². The molecule has 0 aliphatic carbocycles. The monoisotopic (exact) mass is 334 g/mol. The first kappa shape index (κ1) is 17.0. The van der Waals surface area contributed by atoms with Gasteiger partial charge in [0.05, 0.1) is 29.4 Å². The third-order valence-corrected chi connectivity index (χ3v) is 3.13. The first-order chi connectivity index (χ1) is 10.8. The molecule has 0 atom stereocenters. The molecule has 126 valence electrons. The number of ether oxygens (including phenoxy) is 2. The third kappa shape index (κ3) is 4.55. The van der Waals surface area contributed by atoms with Gasteiger partial charge in [0.2, 0.25) is 0 Å². The molecule has 0 aromatic heterocycles. The van der Waals surface area contributed by atoms with Gasteiger partial charge in [-0.05, 0) is 6.07 Å². The van der Waals surface area contributed by atoms with Gasteiger partial charge in [-0.25, -0.2) is 4.79 Å². The highest BCUT2D eigenvalue weighted by Crippen LogP contribution is 2.27. The van der Waals surface area contributed by atoms with Crippen molar-refractivity contribution in [3.8, 4) is 0 Å². The number of hydrogen-bond donors (Lipinski definition) is 0. The summed E-state index contributed by atoms with van der Waals surface area (Å²) in [5, 5.41) is 10.8. The van der Waals surface area contributed by atoms with Crippen molar-refractivity contribution >= 4 is 17.3 Å². The number of alkyl halides is 3. The van der Waals surface area contributed by atoms with Gasteiger partial charge in [-0.3, -0.25) is 10.1 Å². The molecule has 1 aromatic carbocycles. The van der Waals surface area contributed by atoms with E-state index in [1.807, 2.05) is 0 Å². The maximum atomic E-state index is 12.2. The summed E-state index contributed by atoms with van der Waals surface area (Å²) in [6.45, 7) is -0.159. The second kappa shape index (κ2) is 6.82. The lowest BCUT2D eigenvalue weighted by Gasteiger charge is -2.30. The Morgan fingerprint density at radius 1 is 1.35 bits per heavy atom. The van der Waals surface area contributed by atoms with E-state index < -0.39 is 29.4 Å². The van der Waals surface area contributed by atoms with Crippen LogP contribution in [-0.2, 0) is 9.47 Å². The van der Waals surface area contributed by atoms with Crippen LogP contribution in [0.4, 0.5) is 24.5 Å². The Balaban J connectivity index is 2.30. The van der Waals surface area contributed by atoms with E-state index in [9.17, 15) is 28.1 Å². The van der Waals surface area contributed by atoms with E-state index >= 15 is 0 Å². The summed E-state index contributed by atoms with van der Waals surface area (Å²) >= 11 is 0. The molecule has 0 unspecified atom stereocenters. The van der Waals surface area contributed by atoms with Gasteiger partial charge in [0.25, 0.3) is 5.69 Å². The topological polar surface area (TPSA) is 81.9 Å². The van der Waals surface area contributed by atoms with Gasteiger partial charge in [-0.15, -0.1) is 0 Å². The van der Waals surface area contributed by atoms with Crippen LogP contribution in [-0.4, -0.2) is 50.0 Å². The van der Waals surface area contributed by atoms with E-state index in [1.54, 1.807) is 4.90 Å². The van der Waals surface area contributed by atoms with Crippen LogP contribution in [0.25, 0.3) is 0 Å². The highest BCUT2D eigenvalue weighted by molar-refractivity contribution is 5.96. The number of esters is 1. The smallest absolute Gasteiger partial charge is 0.422 e. The zero-order valence-corrected chi connectivity index (χ0v) is 11.8. The van der Waals surface area contributed by atoms with E-state index in [1.165, 1.54) is 12.1 Å². The van der Waals surface area contributed by atoms with Crippen LogP contribution in [0.2, 0.25) is 0 Å². The molecule has 1 aliphatic heterocycles. The number of nitro benzene ring substituents is 1. The highest BCUT2D eigenvalue weighted by atomic mass is 19.4. The average molecular weight is 334 g/mol. The number of nitro groups is 1. The average Bonchev–Trinajstić information content (AvgIpc) is 2.52. The number of nitrogens with zero attached hydrogens (tertiary/aromatic N) is 2. The van der Waals surface area contributed by atoms with E-state index in [4.69, 9.17) is 4.74 Å². The van der Waals surface area contributed by atoms with Gasteiger partial charge in [0.15, 0.2) is 6.61 Å². The Morgan fingerprint density at radius 2 is 2.00 bits per heavy atom. The summed E-state index contributed by atoms with van der Waals surface area (Å²) in [4.78, 5) is 23.7. The van der Waals surface area contributed by atoms with E-state index in [0.29, 0.717) is 26.3 Å². The van der Waals surface area contributed by atoms with E-state index in [2.05, 4.69) is 4.74 Å². The molecule has 7 nitrogen and oxygen atoms in total. The van der Waals surface area contributed by atoms with Gasteiger partial charge < -0.3 is 14.4 Å². The normalized spacial score (nSPS) is 15.3. The zero-order chi connectivity index (χ0) is 17.0. The number of halogens is 3. The molecule has 0 spiro atoms. The number of anilines is 1. The maximum Gasteiger partial charge on any atom is 0.422 e. The number of rotatable bonds is 4. The van der Waals surface area contributed by atoms with Gasteiger partial charge >= 0.3 is 12.1 Å². The van der Waals surface area contributed by atoms with Crippen LogP contribution in [0.3, 0.4) is 0 Å². The molecular formula is C13H13F3N2O5. The lowest BCUT2D eigenvalue weighted by molar-refractivity contribution is -0.384. The Kier molecular flexibility index (Phi) is 5.04. The number of benzene rings is 1. The number of non-ortho nitro benzene ring substituents is 1. The minimum absolute atomic E-state index is 0.273. The van der Waals surface area contributed by atoms with Crippen molar-refractivity contribution < 1.29 is 32.4 Å². The van der Waals surface area contributed by atoms with Crippen LogP contribution in [0, 0.1) is 10.1 Å². The maximum absolute atomic E-state index is 12.2. The lowest BCUT2D eigenvalue weighted by atomic mass is 10.1. The summed E-state index contributed by atoms with van der Waals surface area (Å²) in [7, 11) is 0. The fraction of sp³-hybridized carbons (Fsp3) is 0.462. The predicted octanol–water partition coefficient (Wildman–Crippen LogP) is 2.15. The van der Waals surface area contributed by atoms with Crippen molar-refractivity contribution in [2.24, 2.45) is 0 Å². The van der Waals surface area contributed by atoms with Crippen molar-refractivity contribution in [3.05, 3.63) is 33.9 Å². The SMILES string of the molecule is O=C(OCC(F)(F)F)c1cc([N+](=O)[O-])ccc1N1CCOCC1. The molecule has 2 rings (SSSR count). The fourth-order valence-corrected chi connectivity index (χ4v) is 2.11. The summed E-state index contributed by atoms with van der Waals surface area (Å²) in [5.41, 5.74) is -0.391. The standard InChI is InChI=1S/C13H13F3N2O5/c14-13(15,16)8-23-12(19)10-7-9(18(20)21)1-2-11(10)17-3-5-22-6-4-17/h1-2,7H,3-6,8H2. The summed E-state index contributed by atoms with van der Waals surface area (Å²) in [6, 6.07) is 3.43. The van der Waals surface area contributed by atoms with E-state index in [-0.39, 0.29) is 11.3 Å². The molecule has 1 aliphatic rings. The predicted molar refractivity (Wildman–Crippen MR) is 72.5 cm³/mol. The van der Waals surface area contributed by atoms with Crippen LogP contribution in [0.15, 0.2) is 18.2 Å². The molecule has 0 saturated carbocycles. The molecule has 0 N–H and O–H groups in total. The van der Waals surface area contributed by atoms with Crippen molar-refractivity contribution in [3.63, 3.8) is 0 Å². The third-order valence-electron chi connectivity index (χ3n) is 3.13. The van der Waals surface area contributed by atoms with Crippen LogP contribution in [0.5, 0.6) is 0 Å². The highest BCUT2D eigenvalue weighted by Gasteiger charge is 2.31. The second-order valence-corrected chi connectivity index (χ2v) is 4.75. The molecule has 1 heterocycles. The van der Waals surface area contributed by atoms with Crippen molar-refractivity contribution in [2.75, 3.05) is 37.8 Å². The first-order valence-corrected chi connectivity index (χ1v) is 6.63. The van der Waals surface area contributed by atoms with Gasteiger partial charge in [0, 0.05) is 25.2 Å². The second-order valence-electron chi connectivity index (χ2n) is 4.75. The van der Waals surface area contributed by atoms with Crippen molar-refractivity contribution in [1.82, 2.24) is 0 Å². The summed E-state index contributed by atoms with van der Waals surface area (Å²) in [6.07, 6.45) is -4.67. The summed E-state index contributed by atoms with van der Waals surface area (Å²) in [5.74, 6) is -1.26. The Hall–Kier alpha value is -2.36. The summed E-state index contributed by atoms with van der Waals surface area (Å²) < 4.78 is 45.9. The molecule has 10 heteroatoms. The number of carbonyl (C=O) groups excluding carboxylic acids is 1. The van der Waals surface area contributed by atoms with Crippen LogP contribution in [0.1, 0.15) is 10.4 Å². The number of carbonyl (C=O) groups is 1. The molecule has 1 fully saturated rings. The van der Waals surface area contributed by atoms with Gasteiger partial charge in [-0.1, -0.05) is 0 Å². The molecule has 0 bridgehead atoms. The first-order valence-electron chi connectivity index (χ1n) is 6.63. The largest absolute Gasteiger partial charge is 0.452 e. The van der Waals surface area contributed by atoms with E-state index in [0.717, 1.165) is 6.07 Å². The quantitative estimate of drug-likeness (QED) is 0.477. The molecule has 1 saturated heterocycles. The number of morpholine rings is 1. The van der Waals surface area contributed by atoms with Crippen LogP contribution < -0.4 is 4.90 Å². The molecule has 0 radical (unpaired) electrons. The van der Waals surface area contributed by atoms with Crippen molar-refractivity contribution in [1.29, 1.82) is 0 Å². The van der Waals surface area contributed by atoms with Crippen molar-refractivity contribution in [2.45, 2.75) is 6.18 Å². The van der Waals surface area contributed by atoms with Gasteiger partial charge in [0.1, 0.15) is 0 Å². The molecule has 1 aromatic rings. The minimum Gasteiger partial charge on any atom is -0.452 e. The molecule has 0 amide bonds. The Labute approximate surface area is 128 Å². The van der Waals surface area contributed by atoms with Crippen LogP contribution >= 0.6 is 0 Å². The fourth-order valence-electron chi connectivity index (χ4n) is 2.11.